The number of carboxylic acid groups (broad SMARTS) is 1. The van der Waals surface area contributed by atoms with Gasteiger partial charge in [0.1, 0.15) is 28.1 Å². The van der Waals surface area contributed by atoms with E-state index in [0.29, 0.717) is 11.5 Å². The third-order valence-corrected chi connectivity index (χ3v) is 6.18. The fraction of sp³-hybridized carbons (Fsp3) is 0.174. The summed E-state index contributed by atoms with van der Waals surface area (Å²) in [6, 6.07) is 8.28. The standard InChI is InChI=1S/C23H20F2N6O4S/c1-23(2,35)11-6-14(24)19(15(25)7-11)17-8-13(20(26)32)21(36-17)28-18-5-3-4-12(27-18)9-31-10-16(22(33)34)29-30-31/h3-8,10,35H,9H2,1-2H3,(H2,26,32)(H,27,28)(H,33,34)/p-1. The summed E-state index contributed by atoms with van der Waals surface area (Å²) in [6.45, 7) is 2.91. The molecule has 0 unspecified atom stereocenters. The molecule has 4 N–H and O–H groups in total. The molecule has 3 heterocycles. The minimum atomic E-state index is -1.46. The van der Waals surface area contributed by atoms with Crippen LogP contribution in [-0.4, -0.2) is 37.0 Å². The Kier molecular flexibility index (Phi) is 6.52. The predicted octanol–water partition coefficient (Wildman–Crippen LogP) is 2.16. The van der Waals surface area contributed by atoms with Crippen LogP contribution in [0.1, 0.15) is 46.0 Å². The molecule has 0 aliphatic rings. The first-order valence-corrected chi connectivity index (χ1v) is 11.2. The molecule has 186 valence electrons. The van der Waals surface area contributed by atoms with E-state index in [1.165, 1.54) is 30.8 Å². The first-order valence-electron chi connectivity index (χ1n) is 10.4. The van der Waals surface area contributed by atoms with Crippen molar-refractivity contribution >= 4 is 34.0 Å². The van der Waals surface area contributed by atoms with Crippen LogP contribution in [-0.2, 0) is 12.1 Å². The molecule has 0 aliphatic carbocycles. The number of hydrogen-bond donors (Lipinski definition) is 3. The summed E-state index contributed by atoms with van der Waals surface area (Å²) < 4.78 is 31.0. The Bertz CT molecular complexity index is 1450. The molecule has 0 aliphatic heterocycles. The van der Waals surface area contributed by atoms with Crippen LogP contribution in [0.4, 0.5) is 19.6 Å². The van der Waals surface area contributed by atoms with E-state index < -0.39 is 29.1 Å². The van der Waals surface area contributed by atoms with Gasteiger partial charge in [-0.15, -0.1) is 16.4 Å². The van der Waals surface area contributed by atoms with E-state index in [1.54, 1.807) is 18.2 Å². The van der Waals surface area contributed by atoms with Gasteiger partial charge in [0.2, 0.25) is 0 Å². The number of aliphatic hydroxyl groups is 1. The molecule has 1 aromatic carbocycles. The second-order valence-corrected chi connectivity index (χ2v) is 9.37. The van der Waals surface area contributed by atoms with E-state index in [2.05, 4.69) is 20.6 Å². The maximum absolute atomic E-state index is 14.9. The normalized spacial score (nSPS) is 11.5. The van der Waals surface area contributed by atoms with Gasteiger partial charge in [-0.25, -0.2) is 18.4 Å². The number of aromatic carboxylic acids is 1. The number of anilines is 2. The highest BCUT2D eigenvalue weighted by molar-refractivity contribution is 7.20. The lowest BCUT2D eigenvalue weighted by Gasteiger charge is -2.18. The van der Waals surface area contributed by atoms with E-state index in [4.69, 9.17) is 5.73 Å². The molecule has 0 radical (unpaired) electrons. The Hall–Kier alpha value is -4.23. The molecule has 36 heavy (non-hydrogen) atoms. The summed E-state index contributed by atoms with van der Waals surface area (Å²) in [5, 5.41) is 31.3. The average molecular weight is 514 g/mol. The van der Waals surface area contributed by atoms with Crippen molar-refractivity contribution < 1.29 is 28.6 Å². The molecule has 4 rings (SSSR count). The van der Waals surface area contributed by atoms with E-state index >= 15 is 0 Å². The van der Waals surface area contributed by atoms with Gasteiger partial charge in [-0.2, -0.15) is 0 Å². The quantitative estimate of drug-likeness (QED) is 0.323. The second-order valence-electron chi connectivity index (χ2n) is 8.32. The van der Waals surface area contributed by atoms with E-state index in [9.17, 15) is 28.6 Å². The Labute approximate surface area is 207 Å². The predicted molar refractivity (Wildman–Crippen MR) is 124 cm³/mol. The zero-order valence-electron chi connectivity index (χ0n) is 19.0. The molecular weight excluding hydrogens is 494 g/mol. The Morgan fingerprint density at radius 3 is 2.50 bits per heavy atom. The zero-order valence-corrected chi connectivity index (χ0v) is 19.8. The Morgan fingerprint density at radius 2 is 1.92 bits per heavy atom. The first kappa shape index (κ1) is 24.9. The number of nitrogens with zero attached hydrogens (tertiary/aromatic N) is 4. The van der Waals surface area contributed by atoms with Crippen LogP contribution in [0.25, 0.3) is 10.4 Å². The molecule has 13 heteroatoms. The number of thiophene rings is 1. The van der Waals surface area contributed by atoms with Gasteiger partial charge in [-0.1, -0.05) is 11.3 Å². The topological polar surface area (TPSA) is 159 Å². The lowest BCUT2D eigenvalue weighted by Crippen LogP contribution is -2.22. The molecule has 10 nitrogen and oxygen atoms in total. The Balaban J connectivity index is 1.64. The van der Waals surface area contributed by atoms with Crippen molar-refractivity contribution in [3.05, 3.63) is 76.7 Å². The van der Waals surface area contributed by atoms with Gasteiger partial charge in [0.25, 0.3) is 5.91 Å². The number of carboxylic acids is 1. The second kappa shape index (κ2) is 9.43. The third-order valence-electron chi connectivity index (χ3n) is 5.11. The molecule has 0 saturated heterocycles. The monoisotopic (exact) mass is 513 g/mol. The summed E-state index contributed by atoms with van der Waals surface area (Å²) in [4.78, 5) is 27.4. The van der Waals surface area contributed by atoms with Crippen molar-refractivity contribution in [3.63, 3.8) is 0 Å². The van der Waals surface area contributed by atoms with Gasteiger partial charge in [-0.05, 0) is 49.7 Å². The molecule has 1 amide bonds. The zero-order chi connectivity index (χ0) is 26.2. The number of nitrogens with one attached hydrogen (secondary N) is 1. The van der Waals surface area contributed by atoms with Crippen molar-refractivity contribution in [3.8, 4) is 10.4 Å². The molecule has 0 bridgehead atoms. The Morgan fingerprint density at radius 1 is 1.22 bits per heavy atom. The van der Waals surface area contributed by atoms with Gasteiger partial charge in [0, 0.05) is 4.88 Å². The van der Waals surface area contributed by atoms with Gasteiger partial charge in [0.15, 0.2) is 0 Å². The summed E-state index contributed by atoms with van der Waals surface area (Å²) in [5.41, 5.74) is 3.90. The maximum Gasteiger partial charge on any atom is 0.251 e. The lowest BCUT2D eigenvalue weighted by molar-refractivity contribution is -0.255. The fourth-order valence-electron chi connectivity index (χ4n) is 3.34. The lowest BCUT2D eigenvalue weighted by atomic mass is 9.96. The number of primary amides is 1. The van der Waals surface area contributed by atoms with Gasteiger partial charge < -0.3 is 26.1 Å². The first-order chi connectivity index (χ1) is 16.9. The molecular formula is C23H19F2N6O4S-. The van der Waals surface area contributed by atoms with Gasteiger partial charge >= 0.3 is 0 Å². The maximum atomic E-state index is 14.9. The number of halogens is 2. The fourth-order valence-corrected chi connectivity index (χ4v) is 4.46. The van der Waals surface area contributed by atoms with Crippen LogP contribution in [0.15, 0.2) is 42.6 Å². The van der Waals surface area contributed by atoms with Crippen molar-refractivity contribution in [1.29, 1.82) is 0 Å². The molecule has 0 atom stereocenters. The van der Waals surface area contributed by atoms with Crippen molar-refractivity contribution in [2.24, 2.45) is 5.73 Å². The van der Waals surface area contributed by atoms with Crippen LogP contribution in [0.3, 0.4) is 0 Å². The van der Waals surface area contributed by atoms with Crippen LogP contribution < -0.4 is 16.2 Å². The molecule has 4 aromatic rings. The number of rotatable bonds is 8. The highest BCUT2D eigenvalue weighted by Crippen LogP contribution is 2.40. The van der Waals surface area contributed by atoms with Crippen molar-refractivity contribution in [2.75, 3.05) is 5.32 Å². The summed E-state index contributed by atoms with van der Waals surface area (Å²) in [6.07, 6.45) is 1.19. The molecule has 0 spiro atoms. The number of hydrogen-bond acceptors (Lipinski definition) is 9. The summed E-state index contributed by atoms with van der Waals surface area (Å²) in [5.74, 6) is -3.79. The molecule has 0 saturated carbocycles. The van der Waals surface area contributed by atoms with Crippen LogP contribution in [0.5, 0.6) is 0 Å². The summed E-state index contributed by atoms with van der Waals surface area (Å²) >= 11 is 0.900. The van der Waals surface area contributed by atoms with E-state index in [-0.39, 0.29) is 38.8 Å². The highest BCUT2D eigenvalue weighted by Gasteiger charge is 2.24. The number of benzene rings is 1. The highest BCUT2D eigenvalue weighted by atomic mass is 32.1. The van der Waals surface area contributed by atoms with Gasteiger partial charge in [0.05, 0.1) is 41.1 Å². The van der Waals surface area contributed by atoms with E-state index in [0.717, 1.165) is 23.5 Å². The van der Waals surface area contributed by atoms with Crippen LogP contribution in [0, 0.1) is 11.6 Å². The third kappa shape index (κ3) is 5.21. The number of carbonyl (C=O) groups excluding carboxylic acids is 2. The molecule has 0 fully saturated rings. The largest absolute Gasteiger partial charge is 0.543 e. The number of amides is 1. The smallest absolute Gasteiger partial charge is 0.251 e. The minimum absolute atomic E-state index is 0.00226. The minimum Gasteiger partial charge on any atom is -0.543 e. The average Bonchev–Trinajstić information content (AvgIpc) is 3.40. The van der Waals surface area contributed by atoms with Crippen molar-refractivity contribution in [2.45, 2.75) is 26.0 Å². The molecule has 3 aromatic heterocycles. The van der Waals surface area contributed by atoms with Crippen LogP contribution in [0.2, 0.25) is 0 Å². The van der Waals surface area contributed by atoms with Crippen molar-refractivity contribution in [1.82, 2.24) is 20.0 Å². The number of pyridine rings is 1. The number of aromatic nitrogens is 4. The summed E-state index contributed by atoms with van der Waals surface area (Å²) in [7, 11) is 0. The number of nitrogens with two attached hydrogens (primary N) is 1. The van der Waals surface area contributed by atoms with Gasteiger partial charge in [-0.3, -0.25) is 4.79 Å². The van der Waals surface area contributed by atoms with Crippen LogP contribution >= 0.6 is 11.3 Å². The van der Waals surface area contributed by atoms with E-state index in [1.807, 2.05) is 0 Å². The SMILES string of the molecule is CC(C)(O)c1cc(F)c(-c2cc(C(N)=O)c(Nc3cccc(Cn4cc(C(=O)[O-])nn4)n3)s2)c(F)c1. The number of carbonyl (C=O) groups is 2.